The summed E-state index contributed by atoms with van der Waals surface area (Å²) < 4.78 is 29.6. The first kappa shape index (κ1) is 18.3. The Balaban J connectivity index is 1.79. The molecule has 1 fully saturated rings. The molecule has 3 aromatic heterocycles. The molecule has 5 rings (SSSR count). The van der Waals surface area contributed by atoms with E-state index < -0.39 is 16.1 Å². The molecule has 0 aliphatic carbocycles. The minimum atomic E-state index is -3.77. The van der Waals surface area contributed by atoms with E-state index >= 15 is 0 Å². The van der Waals surface area contributed by atoms with Crippen LogP contribution in [0.5, 0.6) is 0 Å². The Morgan fingerprint density at radius 3 is 2.72 bits per heavy atom. The zero-order valence-corrected chi connectivity index (χ0v) is 16.7. The van der Waals surface area contributed by atoms with Crippen molar-refractivity contribution in [1.29, 1.82) is 0 Å². The van der Waals surface area contributed by atoms with Crippen molar-refractivity contribution in [2.45, 2.75) is 30.4 Å². The van der Waals surface area contributed by atoms with Gasteiger partial charge >= 0.3 is 0 Å². The van der Waals surface area contributed by atoms with E-state index in [2.05, 4.69) is 15.3 Å². The van der Waals surface area contributed by atoms with Crippen LogP contribution in [-0.4, -0.2) is 45.1 Å². The van der Waals surface area contributed by atoms with E-state index in [-0.39, 0.29) is 10.9 Å². The predicted molar refractivity (Wildman–Crippen MR) is 109 cm³/mol. The molecule has 2 N–H and O–H groups in total. The molecule has 1 saturated heterocycles. The monoisotopic (exact) mass is 411 g/mol. The Morgan fingerprint density at radius 1 is 1.24 bits per heavy atom. The minimum Gasteiger partial charge on any atom is -0.385 e. The first-order chi connectivity index (χ1) is 14.0. The molecular weight excluding hydrogens is 390 g/mol. The number of hydrogen-bond acceptors (Lipinski definition) is 6. The fourth-order valence-corrected chi connectivity index (χ4v) is 5.41. The van der Waals surface area contributed by atoms with Gasteiger partial charge in [0, 0.05) is 24.2 Å². The number of nitrogens with zero attached hydrogens (tertiary/aromatic N) is 4. The van der Waals surface area contributed by atoms with Crippen LogP contribution in [0.1, 0.15) is 31.3 Å². The first-order valence-electron chi connectivity index (χ1n) is 9.56. The van der Waals surface area contributed by atoms with Crippen LogP contribution in [0.3, 0.4) is 0 Å². The van der Waals surface area contributed by atoms with Crippen LogP contribution in [0.4, 0.5) is 0 Å². The molecule has 2 atom stereocenters. The summed E-state index contributed by atoms with van der Waals surface area (Å²) in [4.78, 5) is 9.22. The summed E-state index contributed by atoms with van der Waals surface area (Å²) in [5, 5.41) is 14.3. The topological polar surface area (TPSA) is 102 Å². The summed E-state index contributed by atoms with van der Waals surface area (Å²) in [7, 11) is -3.77. The molecule has 0 bridgehead atoms. The quantitative estimate of drug-likeness (QED) is 0.534. The van der Waals surface area contributed by atoms with E-state index in [0.29, 0.717) is 22.4 Å². The van der Waals surface area contributed by atoms with Gasteiger partial charge in [0.1, 0.15) is 17.4 Å². The van der Waals surface area contributed by atoms with Gasteiger partial charge in [-0.1, -0.05) is 18.2 Å². The molecule has 1 aliphatic rings. The maximum absolute atomic E-state index is 13.2. The number of nitrogens with one attached hydrogen (secondary N) is 1. The molecule has 1 aliphatic heterocycles. The second-order valence-corrected chi connectivity index (χ2v) is 9.14. The van der Waals surface area contributed by atoms with E-state index in [0.717, 1.165) is 25.0 Å². The molecule has 1 aromatic carbocycles. The molecule has 0 radical (unpaired) electrons. The number of hydrogen-bond donors (Lipinski definition) is 2. The largest absolute Gasteiger partial charge is 0.385 e. The highest BCUT2D eigenvalue weighted by Crippen LogP contribution is 2.33. The third-order valence-corrected chi connectivity index (χ3v) is 7.11. The summed E-state index contributed by atoms with van der Waals surface area (Å²) in [5.41, 5.74) is 1.81. The van der Waals surface area contributed by atoms with Crippen LogP contribution < -0.4 is 5.32 Å². The summed E-state index contributed by atoms with van der Waals surface area (Å²) in [6, 6.07) is 10.2. The molecule has 150 valence electrons. The second kappa shape index (κ2) is 6.65. The Kier molecular flexibility index (Phi) is 4.19. The molecule has 8 nitrogen and oxygen atoms in total. The van der Waals surface area contributed by atoms with Crippen LogP contribution >= 0.6 is 0 Å². The SMILES string of the molecule is CC(O)c1nc2cnc3c(ccn3S(=O)(=O)c3ccccc3)c2n1[C@@H]1CCNC1. The molecule has 4 heterocycles. The Morgan fingerprint density at radius 2 is 2.03 bits per heavy atom. The zero-order valence-electron chi connectivity index (χ0n) is 15.9. The summed E-state index contributed by atoms with van der Waals surface area (Å²) >= 11 is 0. The molecular formula is C20H21N5O3S. The molecule has 0 saturated carbocycles. The highest BCUT2D eigenvalue weighted by Gasteiger charge is 2.27. The van der Waals surface area contributed by atoms with Crippen molar-refractivity contribution in [2.75, 3.05) is 13.1 Å². The van der Waals surface area contributed by atoms with Crippen LogP contribution in [0.2, 0.25) is 0 Å². The normalized spacial score (nSPS) is 18.6. The lowest BCUT2D eigenvalue weighted by Crippen LogP contribution is -2.17. The molecule has 0 amide bonds. The van der Waals surface area contributed by atoms with Crippen LogP contribution in [0.15, 0.2) is 53.7 Å². The van der Waals surface area contributed by atoms with E-state index in [1.807, 2.05) is 4.57 Å². The van der Waals surface area contributed by atoms with Crippen molar-refractivity contribution in [3.8, 4) is 0 Å². The van der Waals surface area contributed by atoms with Gasteiger partial charge in [-0.25, -0.2) is 22.4 Å². The zero-order chi connectivity index (χ0) is 20.2. The highest BCUT2D eigenvalue weighted by molar-refractivity contribution is 7.90. The van der Waals surface area contributed by atoms with E-state index in [9.17, 15) is 13.5 Å². The fourth-order valence-electron chi connectivity index (χ4n) is 4.09. The van der Waals surface area contributed by atoms with Gasteiger partial charge in [0.15, 0.2) is 5.65 Å². The van der Waals surface area contributed by atoms with Gasteiger partial charge in [0.05, 0.1) is 16.6 Å². The lowest BCUT2D eigenvalue weighted by molar-refractivity contribution is 0.182. The Bertz CT molecular complexity index is 1300. The summed E-state index contributed by atoms with van der Waals surface area (Å²) in [6.45, 7) is 3.36. The maximum atomic E-state index is 13.2. The molecule has 9 heteroatoms. The molecule has 29 heavy (non-hydrogen) atoms. The maximum Gasteiger partial charge on any atom is 0.269 e. The van der Waals surface area contributed by atoms with Crippen LogP contribution in [0, 0.1) is 0 Å². The number of fused-ring (bicyclic) bond motifs is 3. The number of aliphatic hydroxyl groups excluding tert-OH is 1. The van der Waals surface area contributed by atoms with Gasteiger partial charge < -0.3 is 15.0 Å². The van der Waals surface area contributed by atoms with Gasteiger partial charge in [-0.15, -0.1) is 0 Å². The fraction of sp³-hybridized carbons (Fsp3) is 0.300. The van der Waals surface area contributed by atoms with Gasteiger partial charge in [0.25, 0.3) is 10.0 Å². The van der Waals surface area contributed by atoms with Gasteiger partial charge in [-0.2, -0.15) is 0 Å². The van der Waals surface area contributed by atoms with Crippen LogP contribution in [0.25, 0.3) is 22.1 Å². The lowest BCUT2D eigenvalue weighted by atomic mass is 10.2. The Hall–Kier alpha value is -2.75. The smallest absolute Gasteiger partial charge is 0.269 e. The van der Waals surface area contributed by atoms with Gasteiger partial charge in [-0.3, -0.25) is 0 Å². The van der Waals surface area contributed by atoms with E-state index in [1.165, 1.54) is 10.2 Å². The number of rotatable bonds is 4. The first-order valence-corrected chi connectivity index (χ1v) is 11.0. The van der Waals surface area contributed by atoms with Crippen molar-refractivity contribution in [1.82, 2.24) is 23.8 Å². The van der Waals surface area contributed by atoms with Crippen molar-refractivity contribution >= 4 is 32.1 Å². The minimum absolute atomic E-state index is 0.143. The highest BCUT2D eigenvalue weighted by atomic mass is 32.2. The molecule has 1 unspecified atom stereocenters. The number of pyridine rings is 1. The standard InChI is InChI=1S/C20H21N5O3S/c1-13(26)19-23-17-12-22-20-16(18(17)25(19)14-7-9-21-11-14)8-10-24(20)29(27,28)15-5-3-2-4-6-15/h2-6,8,10,12-14,21,26H,7,9,11H2,1H3/t13?,14-/m1/s1. The third kappa shape index (κ3) is 2.77. The third-order valence-electron chi connectivity index (χ3n) is 5.43. The predicted octanol–water partition coefficient (Wildman–Crippen LogP) is 2.21. The van der Waals surface area contributed by atoms with Crippen molar-refractivity contribution in [3.05, 3.63) is 54.6 Å². The summed E-state index contributed by atoms with van der Waals surface area (Å²) in [5.74, 6) is 0.571. The van der Waals surface area contributed by atoms with Gasteiger partial charge in [0.2, 0.25) is 0 Å². The lowest BCUT2D eigenvalue weighted by Gasteiger charge is -2.17. The van der Waals surface area contributed by atoms with E-state index in [4.69, 9.17) is 0 Å². The van der Waals surface area contributed by atoms with Gasteiger partial charge in [-0.05, 0) is 38.1 Å². The second-order valence-electron chi connectivity index (χ2n) is 7.32. The number of imidazole rings is 1. The summed E-state index contributed by atoms with van der Waals surface area (Å²) in [6.07, 6.45) is 3.29. The molecule has 4 aromatic rings. The number of aromatic nitrogens is 4. The average molecular weight is 411 g/mol. The average Bonchev–Trinajstić information content (AvgIpc) is 3.44. The van der Waals surface area contributed by atoms with Crippen molar-refractivity contribution in [3.63, 3.8) is 0 Å². The van der Waals surface area contributed by atoms with Crippen LogP contribution in [-0.2, 0) is 10.0 Å². The number of benzene rings is 1. The molecule has 0 spiro atoms. The van der Waals surface area contributed by atoms with Crippen molar-refractivity contribution < 1.29 is 13.5 Å². The van der Waals surface area contributed by atoms with E-state index in [1.54, 1.807) is 49.5 Å². The number of aliphatic hydroxyl groups is 1. The Labute approximate surface area is 167 Å². The van der Waals surface area contributed by atoms with Crippen molar-refractivity contribution in [2.24, 2.45) is 0 Å².